The highest BCUT2D eigenvalue weighted by Gasteiger charge is 2.24. The highest BCUT2D eigenvalue weighted by molar-refractivity contribution is 7.92. The van der Waals surface area contributed by atoms with Gasteiger partial charge < -0.3 is 0 Å². The van der Waals surface area contributed by atoms with Gasteiger partial charge in [0.2, 0.25) is 10.0 Å². The van der Waals surface area contributed by atoms with Gasteiger partial charge in [-0.3, -0.25) is 14.4 Å². The molecule has 1 aliphatic heterocycles. The van der Waals surface area contributed by atoms with E-state index in [9.17, 15) is 13.2 Å². The number of amides is 1. The second-order valence-corrected chi connectivity index (χ2v) is 7.87. The van der Waals surface area contributed by atoms with Gasteiger partial charge in [-0.15, -0.1) is 11.3 Å². The standard InChI is InChI=1S/C14H15N3O3S2/c1-22(19,20)17-7-2-3-10-9-11(4-5-12(10)17)13(18)16-14-15-6-8-21-14/h4-6,8-9H,2-3,7H2,1H3,(H,15,16,18). The Morgan fingerprint density at radius 3 is 2.91 bits per heavy atom. The Kier molecular flexibility index (Phi) is 3.88. The van der Waals surface area contributed by atoms with E-state index in [1.165, 1.54) is 21.9 Å². The van der Waals surface area contributed by atoms with Crippen LogP contribution in [0.4, 0.5) is 10.8 Å². The zero-order valence-electron chi connectivity index (χ0n) is 11.9. The third-order valence-electron chi connectivity index (χ3n) is 3.47. The van der Waals surface area contributed by atoms with Crippen molar-refractivity contribution < 1.29 is 13.2 Å². The zero-order valence-corrected chi connectivity index (χ0v) is 13.6. The van der Waals surface area contributed by atoms with Gasteiger partial charge in [-0.25, -0.2) is 13.4 Å². The highest BCUT2D eigenvalue weighted by atomic mass is 32.2. The molecule has 2 heterocycles. The lowest BCUT2D eigenvalue weighted by atomic mass is 10.0. The summed E-state index contributed by atoms with van der Waals surface area (Å²) in [5.74, 6) is -0.241. The van der Waals surface area contributed by atoms with E-state index in [-0.39, 0.29) is 5.91 Å². The summed E-state index contributed by atoms with van der Waals surface area (Å²) in [6.07, 6.45) is 4.33. The Balaban J connectivity index is 1.89. The minimum absolute atomic E-state index is 0.241. The molecule has 0 atom stereocenters. The number of carbonyl (C=O) groups excluding carboxylic acids is 1. The van der Waals surface area contributed by atoms with Crippen LogP contribution in [0.2, 0.25) is 0 Å². The van der Waals surface area contributed by atoms with Crippen molar-refractivity contribution >= 4 is 38.1 Å². The number of aromatic nitrogens is 1. The summed E-state index contributed by atoms with van der Waals surface area (Å²) < 4.78 is 25.0. The summed E-state index contributed by atoms with van der Waals surface area (Å²) in [4.78, 5) is 16.2. The molecule has 0 radical (unpaired) electrons. The molecule has 0 fully saturated rings. The molecule has 1 amide bonds. The van der Waals surface area contributed by atoms with Crippen molar-refractivity contribution in [1.82, 2.24) is 4.98 Å². The molecule has 3 rings (SSSR count). The fourth-order valence-corrected chi connectivity index (χ4v) is 4.02. The third-order valence-corrected chi connectivity index (χ3v) is 5.34. The molecule has 0 spiro atoms. The molecule has 0 unspecified atom stereocenters. The molecule has 6 nitrogen and oxygen atoms in total. The number of nitrogens with zero attached hydrogens (tertiary/aromatic N) is 2. The Morgan fingerprint density at radius 1 is 1.41 bits per heavy atom. The summed E-state index contributed by atoms with van der Waals surface area (Å²) in [5, 5.41) is 5.05. The first-order valence-electron chi connectivity index (χ1n) is 6.76. The van der Waals surface area contributed by atoms with Crippen molar-refractivity contribution in [3.8, 4) is 0 Å². The van der Waals surface area contributed by atoms with Crippen LogP contribution in [0.15, 0.2) is 29.8 Å². The number of anilines is 2. The van der Waals surface area contributed by atoms with Gasteiger partial charge in [0, 0.05) is 23.7 Å². The van der Waals surface area contributed by atoms with Crippen LogP contribution in [0.3, 0.4) is 0 Å². The van der Waals surface area contributed by atoms with E-state index >= 15 is 0 Å². The van der Waals surface area contributed by atoms with Crippen LogP contribution < -0.4 is 9.62 Å². The maximum absolute atomic E-state index is 12.2. The Morgan fingerprint density at radius 2 is 2.23 bits per heavy atom. The highest BCUT2D eigenvalue weighted by Crippen LogP contribution is 2.30. The average Bonchev–Trinajstić information content (AvgIpc) is 2.98. The molecule has 116 valence electrons. The van der Waals surface area contributed by atoms with E-state index in [1.807, 2.05) is 0 Å². The Hall–Kier alpha value is -1.93. The molecule has 22 heavy (non-hydrogen) atoms. The van der Waals surface area contributed by atoms with Gasteiger partial charge in [0.05, 0.1) is 11.9 Å². The monoisotopic (exact) mass is 337 g/mol. The summed E-state index contributed by atoms with van der Waals surface area (Å²) in [5.41, 5.74) is 2.05. The SMILES string of the molecule is CS(=O)(=O)N1CCCc2cc(C(=O)Nc3nccs3)ccc21. The van der Waals surface area contributed by atoms with Crippen LogP contribution in [0.5, 0.6) is 0 Å². The van der Waals surface area contributed by atoms with Gasteiger partial charge >= 0.3 is 0 Å². The Labute approximate surface area is 132 Å². The topological polar surface area (TPSA) is 79.4 Å². The molecule has 0 aliphatic carbocycles. The molecular weight excluding hydrogens is 322 g/mol. The first-order valence-corrected chi connectivity index (χ1v) is 9.49. The van der Waals surface area contributed by atoms with Crippen molar-refractivity contribution in [3.05, 3.63) is 40.9 Å². The predicted molar refractivity (Wildman–Crippen MR) is 87.0 cm³/mol. The number of hydrogen-bond donors (Lipinski definition) is 1. The summed E-state index contributed by atoms with van der Waals surface area (Å²) in [6, 6.07) is 5.10. The normalized spacial score (nSPS) is 14.5. The average molecular weight is 337 g/mol. The van der Waals surface area contributed by atoms with Gasteiger partial charge in [-0.05, 0) is 36.6 Å². The van der Waals surface area contributed by atoms with Crippen LogP contribution in [0.1, 0.15) is 22.3 Å². The molecular formula is C14H15N3O3S2. The fraction of sp³-hybridized carbons (Fsp3) is 0.286. The largest absolute Gasteiger partial charge is 0.298 e. The molecule has 8 heteroatoms. The van der Waals surface area contributed by atoms with Crippen molar-refractivity contribution in [1.29, 1.82) is 0 Å². The molecule has 1 aromatic carbocycles. The lowest BCUT2D eigenvalue weighted by molar-refractivity contribution is 0.102. The van der Waals surface area contributed by atoms with Gasteiger partial charge in [-0.1, -0.05) is 0 Å². The van der Waals surface area contributed by atoms with Gasteiger partial charge in [0.1, 0.15) is 0 Å². The first-order chi connectivity index (χ1) is 10.4. The summed E-state index contributed by atoms with van der Waals surface area (Å²) in [6.45, 7) is 0.483. The molecule has 1 aliphatic rings. The number of sulfonamides is 1. The Bertz CT molecular complexity index is 801. The van der Waals surface area contributed by atoms with E-state index < -0.39 is 10.0 Å². The number of hydrogen-bond acceptors (Lipinski definition) is 5. The molecule has 1 aromatic heterocycles. The molecule has 2 aromatic rings. The number of fused-ring (bicyclic) bond motifs is 1. The number of carbonyl (C=O) groups is 1. The molecule has 0 bridgehead atoms. The second-order valence-electron chi connectivity index (χ2n) is 5.07. The number of nitrogens with one attached hydrogen (secondary N) is 1. The van der Waals surface area contributed by atoms with Crippen LogP contribution >= 0.6 is 11.3 Å². The lowest BCUT2D eigenvalue weighted by Gasteiger charge is -2.29. The maximum atomic E-state index is 12.2. The van der Waals surface area contributed by atoms with Crippen molar-refractivity contribution in [2.45, 2.75) is 12.8 Å². The quantitative estimate of drug-likeness (QED) is 0.930. The van der Waals surface area contributed by atoms with Gasteiger partial charge in [0.15, 0.2) is 5.13 Å². The van der Waals surface area contributed by atoms with E-state index in [0.717, 1.165) is 18.4 Å². The van der Waals surface area contributed by atoms with E-state index in [1.54, 1.807) is 29.8 Å². The van der Waals surface area contributed by atoms with Crippen LogP contribution in [-0.2, 0) is 16.4 Å². The van der Waals surface area contributed by atoms with Gasteiger partial charge in [0.25, 0.3) is 5.91 Å². The molecule has 0 saturated heterocycles. The van der Waals surface area contributed by atoms with Crippen molar-refractivity contribution in [2.24, 2.45) is 0 Å². The first kappa shape index (κ1) is 15.0. The van der Waals surface area contributed by atoms with Crippen LogP contribution in [-0.4, -0.2) is 32.1 Å². The number of thiazole rings is 1. The van der Waals surface area contributed by atoms with E-state index in [0.29, 0.717) is 22.9 Å². The van der Waals surface area contributed by atoms with E-state index in [2.05, 4.69) is 10.3 Å². The molecule has 1 N–H and O–H groups in total. The number of rotatable bonds is 3. The number of aryl methyl sites for hydroxylation is 1. The van der Waals surface area contributed by atoms with Gasteiger partial charge in [-0.2, -0.15) is 0 Å². The summed E-state index contributed by atoms with van der Waals surface area (Å²) >= 11 is 1.35. The fourth-order valence-electron chi connectivity index (χ4n) is 2.50. The van der Waals surface area contributed by atoms with Crippen molar-refractivity contribution in [2.75, 3.05) is 22.4 Å². The maximum Gasteiger partial charge on any atom is 0.257 e. The smallest absolute Gasteiger partial charge is 0.257 e. The zero-order chi connectivity index (χ0) is 15.7. The number of benzene rings is 1. The minimum Gasteiger partial charge on any atom is -0.298 e. The minimum atomic E-state index is -3.29. The van der Waals surface area contributed by atoms with E-state index in [4.69, 9.17) is 0 Å². The van der Waals surface area contributed by atoms with Crippen molar-refractivity contribution in [3.63, 3.8) is 0 Å². The third kappa shape index (κ3) is 2.97. The summed E-state index contributed by atoms with van der Waals surface area (Å²) in [7, 11) is -3.29. The second kappa shape index (κ2) is 5.69. The predicted octanol–water partition coefficient (Wildman–Crippen LogP) is 2.11. The molecule has 0 saturated carbocycles. The van der Waals surface area contributed by atoms with Crippen LogP contribution in [0, 0.1) is 0 Å². The van der Waals surface area contributed by atoms with Crippen LogP contribution in [0.25, 0.3) is 0 Å². The lowest BCUT2D eigenvalue weighted by Crippen LogP contribution is -2.34.